The summed E-state index contributed by atoms with van der Waals surface area (Å²) in [4.78, 5) is 0. The van der Waals surface area contributed by atoms with E-state index in [0.717, 1.165) is 12.8 Å². The van der Waals surface area contributed by atoms with Gasteiger partial charge in [-0.3, -0.25) is 0 Å². The van der Waals surface area contributed by atoms with E-state index in [9.17, 15) is 0 Å². The molecular formula is C34H32-2. The van der Waals surface area contributed by atoms with Crippen molar-refractivity contribution < 1.29 is 0 Å². The summed E-state index contributed by atoms with van der Waals surface area (Å²) in [5, 5.41) is 0. The highest BCUT2D eigenvalue weighted by Crippen LogP contribution is 2.52. The zero-order chi connectivity index (χ0) is 23.5. The predicted octanol–water partition coefficient (Wildman–Crippen LogP) is 8.55. The Morgan fingerprint density at radius 3 is 2.41 bits per heavy atom. The van der Waals surface area contributed by atoms with Crippen LogP contribution >= 0.6 is 0 Å². The van der Waals surface area contributed by atoms with Gasteiger partial charge in [-0.1, -0.05) is 111 Å². The number of unbranched alkanes of at least 4 members (excludes halogenated alkanes) is 1. The van der Waals surface area contributed by atoms with Crippen LogP contribution in [0.15, 0.2) is 113 Å². The largest absolute Gasteiger partial charge is 0.156 e. The van der Waals surface area contributed by atoms with E-state index >= 15 is 0 Å². The molecule has 0 heterocycles. The number of rotatable bonds is 3. The summed E-state index contributed by atoms with van der Waals surface area (Å²) in [6.07, 6.45) is 20.9. The molecule has 0 heteroatoms. The van der Waals surface area contributed by atoms with Gasteiger partial charge in [0.2, 0.25) is 0 Å². The smallest absolute Gasteiger partial charge is 0.00188 e. The molecule has 0 nitrogen and oxygen atoms in total. The summed E-state index contributed by atoms with van der Waals surface area (Å²) < 4.78 is 0. The van der Waals surface area contributed by atoms with Crippen molar-refractivity contribution in [1.82, 2.24) is 0 Å². The Morgan fingerprint density at radius 1 is 0.824 bits per heavy atom. The normalized spacial score (nSPS) is 22.9. The molecule has 0 aromatic heterocycles. The topological polar surface area (TPSA) is 0 Å². The summed E-state index contributed by atoms with van der Waals surface area (Å²) in [5.41, 5.74) is 12.8. The molecular weight excluding hydrogens is 408 g/mol. The van der Waals surface area contributed by atoms with Crippen molar-refractivity contribution in [1.29, 1.82) is 0 Å². The van der Waals surface area contributed by atoms with Crippen LogP contribution in [0.4, 0.5) is 0 Å². The van der Waals surface area contributed by atoms with Crippen LogP contribution in [0, 0.1) is 12.3 Å². The van der Waals surface area contributed by atoms with Gasteiger partial charge in [0, 0.05) is 0 Å². The quantitative estimate of drug-likeness (QED) is 0.331. The molecule has 0 N–H and O–H groups in total. The first-order valence-electron chi connectivity index (χ1n) is 12.5. The van der Waals surface area contributed by atoms with Crippen LogP contribution < -0.4 is 0 Å². The molecule has 2 aromatic rings. The SMILES string of the molecule is CC1(C)C2=C/C(=C\CC/C=C3\C=C[C-]4C(=C3)C(C)(C)c3ccccc34)[CH-]C=C2c2ccccc21. The second-order valence-electron chi connectivity index (χ2n) is 10.9. The highest BCUT2D eigenvalue weighted by molar-refractivity contribution is 5.92. The highest BCUT2D eigenvalue weighted by Gasteiger charge is 2.35. The van der Waals surface area contributed by atoms with Crippen molar-refractivity contribution in [3.05, 3.63) is 148 Å². The molecule has 34 heavy (non-hydrogen) atoms. The van der Waals surface area contributed by atoms with Crippen molar-refractivity contribution in [2.24, 2.45) is 0 Å². The van der Waals surface area contributed by atoms with Crippen LogP contribution in [-0.4, -0.2) is 0 Å². The van der Waals surface area contributed by atoms with Gasteiger partial charge in [-0.25, -0.2) is 0 Å². The first-order chi connectivity index (χ1) is 16.4. The average molecular weight is 441 g/mol. The van der Waals surface area contributed by atoms with Gasteiger partial charge in [0.1, 0.15) is 0 Å². The van der Waals surface area contributed by atoms with Gasteiger partial charge in [-0.15, -0.1) is 59.6 Å². The lowest BCUT2D eigenvalue weighted by atomic mass is 9.78. The minimum absolute atomic E-state index is 0.0662. The van der Waals surface area contributed by atoms with E-state index < -0.39 is 0 Å². The first-order valence-corrected chi connectivity index (χ1v) is 12.5. The highest BCUT2D eigenvalue weighted by atomic mass is 14.4. The fourth-order valence-corrected chi connectivity index (χ4v) is 6.20. The van der Waals surface area contributed by atoms with Gasteiger partial charge in [0.15, 0.2) is 0 Å². The zero-order valence-corrected chi connectivity index (χ0v) is 20.7. The van der Waals surface area contributed by atoms with Gasteiger partial charge in [0.25, 0.3) is 0 Å². The van der Waals surface area contributed by atoms with E-state index in [1.54, 1.807) is 0 Å². The summed E-state index contributed by atoms with van der Waals surface area (Å²) in [6.45, 7) is 9.40. The van der Waals surface area contributed by atoms with Crippen molar-refractivity contribution in [3.63, 3.8) is 0 Å². The Balaban J connectivity index is 1.17. The van der Waals surface area contributed by atoms with Gasteiger partial charge in [-0.2, -0.15) is 11.6 Å². The van der Waals surface area contributed by atoms with Crippen LogP contribution in [0.25, 0.3) is 5.57 Å². The fourth-order valence-electron chi connectivity index (χ4n) is 6.20. The van der Waals surface area contributed by atoms with Gasteiger partial charge in [-0.05, 0) is 22.8 Å². The average Bonchev–Trinajstić information content (AvgIpc) is 3.22. The molecule has 0 fully saturated rings. The molecule has 0 radical (unpaired) electrons. The van der Waals surface area contributed by atoms with E-state index in [0.29, 0.717) is 0 Å². The molecule has 6 rings (SSSR count). The Kier molecular flexibility index (Phi) is 4.71. The monoisotopic (exact) mass is 440 g/mol. The van der Waals surface area contributed by atoms with Crippen molar-refractivity contribution in [3.8, 4) is 0 Å². The van der Waals surface area contributed by atoms with Gasteiger partial charge in [0.05, 0.1) is 0 Å². The number of allylic oxidation sites excluding steroid dienone is 12. The molecule has 0 saturated heterocycles. The minimum atomic E-state index is 0.0662. The molecule has 0 atom stereocenters. The van der Waals surface area contributed by atoms with Crippen LogP contribution in [0.2, 0.25) is 0 Å². The number of fused-ring (bicyclic) bond motifs is 6. The molecule has 4 aliphatic carbocycles. The van der Waals surface area contributed by atoms with Crippen molar-refractivity contribution in [2.45, 2.75) is 51.4 Å². The van der Waals surface area contributed by atoms with E-state index in [1.165, 1.54) is 56.0 Å². The maximum atomic E-state index is 2.41. The molecule has 0 saturated carbocycles. The molecule has 170 valence electrons. The summed E-state index contributed by atoms with van der Waals surface area (Å²) in [7, 11) is 0. The fraction of sp³-hybridized carbons (Fsp3) is 0.235. The van der Waals surface area contributed by atoms with Crippen molar-refractivity contribution >= 4 is 5.57 Å². The summed E-state index contributed by atoms with van der Waals surface area (Å²) in [5.74, 6) is 1.39. The first kappa shape index (κ1) is 21.2. The van der Waals surface area contributed by atoms with E-state index in [-0.39, 0.29) is 10.8 Å². The van der Waals surface area contributed by atoms with Crippen LogP contribution in [0.5, 0.6) is 0 Å². The number of hydrogen-bond donors (Lipinski definition) is 0. The zero-order valence-electron chi connectivity index (χ0n) is 20.7. The third-order valence-electron chi connectivity index (χ3n) is 8.14. The van der Waals surface area contributed by atoms with E-state index in [2.05, 4.69) is 125 Å². The lowest BCUT2D eigenvalue weighted by Crippen LogP contribution is -2.17. The number of benzene rings is 2. The number of hydrogen-bond acceptors (Lipinski definition) is 0. The van der Waals surface area contributed by atoms with Gasteiger partial charge >= 0.3 is 0 Å². The third-order valence-corrected chi connectivity index (χ3v) is 8.14. The molecule has 0 aliphatic heterocycles. The molecule has 0 bridgehead atoms. The lowest BCUT2D eigenvalue weighted by Gasteiger charge is -2.30. The Hall–Kier alpha value is -3.38. The molecule has 0 amide bonds. The molecule has 4 aliphatic rings. The third kappa shape index (κ3) is 3.12. The molecule has 0 unspecified atom stereocenters. The van der Waals surface area contributed by atoms with E-state index in [1.807, 2.05) is 0 Å². The van der Waals surface area contributed by atoms with Crippen LogP contribution in [0.1, 0.15) is 62.8 Å². The Morgan fingerprint density at radius 2 is 1.56 bits per heavy atom. The second kappa shape index (κ2) is 7.57. The predicted molar refractivity (Wildman–Crippen MR) is 144 cm³/mol. The maximum absolute atomic E-state index is 2.41. The standard InChI is InChI=1S/C34H32/c1-33(2)29-15-9-7-13-25(29)27-19-17-23(21-31(27)33)11-5-6-12-24-18-20-28-26-14-8-10-16-30(26)34(3,4)32(28)22-24/h7-22H,5-6H2,1-4H3/q-2/b23-11-,24-12+. The summed E-state index contributed by atoms with van der Waals surface area (Å²) in [6, 6.07) is 17.7. The second-order valence-corrected chi connectivity index (χ2v) is 10.9. The minimum Gasteiger partial charge on any atom is -0.156 e. The lowest BCUT2D eigenvalue weighted by molar-refractivity contribution is 0.650. The maximum Gasteiger partial charge on any atom is -0.00188 e. The van der Waals surface area contributed by atoms with Gasteiger partial charge < -0.3 is 0 Å². The van der Waals surface area contributed by atoms with Crippen LogP contribution in [-0.2, 0) is 10.8 Å². The Labute approximate surface area is 204 Å². The molecule has 0 spiro atoms. The van der Waals surface area contributed by atoms with Crippen molar-refractivity contribution in [2.75, 3.05) is 0 Å². The van der Waals surface area contributed by atoms with E-state index in [4.69, 9.17) is 0 Å². The summed E-state index contributed by atoms with van der Waals surface area (Å²) >= 11 is 0. The van der Waals surface area contributed by atoms with Crippen LogP contribution in [0.3, 0.4) is 0 Å². The molecule has 2 aromatic carbocycles. The Bertz CT molecular complexity index is 1360.